The molecule has 108 valence electrons. The molecule has 1 N–H and O–H groups in total. The SMILES string of the molecule is Cc1cccc(CNC2CC3CC2C2CCCC32)c1C. The quantitative estimate of drug-likeness (QED) is 0.866. The molecule has 3 fully saturated rings. The van der Waals surface area contributed by atoms with Gasteiger partial charge in [-0.05, 0) is 79.9 Å². The summed E-state index contributed by atoms with van der Waals surface area (Å²) >= 11 is 0. The lowest BCUT2D eigenvalue weighted by molar-refractivity contribution is 0.208. The van der Waals surface area contributed by atoms with Gasteiger partial charge >= 0.3 is 0 Å². The van der Waals surface area contributed by atoms with Crippen LogP contribution in [0.3, 0.4) is 0 Å². The van der Waals surface area contributed by atoms with E-state index in [4.69, 9.17) is 0 Å². The minimum atomic E-state index is 0.805. The first-order valence-electron chi connectivity index (χ1n) is 8.52. The first-order valence-corrected chi connectivity index (χ1v) is 8.52. The Labute approximate surface area is 123 Å². The highest BCUT2D eigenvalue weighted by Crippen LogP contribution is 2.58. The van der Waals surface area contributed by atoms with Crippen LogP contribution in [0, 0.1) is 37.5 Å². The average Bonchev–Trinajstić information content (AvgIpc) is 3.11. The van der Waals surface area contributed by atoms with E-state index in [2.05, 4.69) is 37.4 Å². The third-order valence-electron chi connectivity index (χ3n) is 6.70. The summed E-state index contributed by atoms with van der Waals surface area (Å²) in [5.74, 6) is 4.24. The third kappa shape index (κ3) is 1.94. The van der Waals surface area contributed by atoms with Gasteiger partial charge in [-0.15, -0.1) is 0 Å². The van der Waals surface area contributed by atoms with E-state index in [-0.39, 0.29) is 0 Å². The van der Waals surface area contributed by atoms with Gasteiger partial charge in [0, 0.05) is 12.6 Å². The summed E-state index contributed by atoms with van der Waals surface area (Å²) < 4.78 is 0. The monoisotopic (exact) mass is 269 g/mol. The van der Waals surface area contributed by atoms with Crippen molar-refractivity contribution < 1.29 is 0 Å². The Morgan fingerprint density at radius 1 is 1.05 bits per heavy atom. The summed E-state index contributed by atoms with van der Waals surface area (Å²) in [5, 5.41) is 3.91. The molecule has 0 radical (unpaired) electrons. The topological polar surface area (TPSA) is 12.0 Å². The normalized spacial score (nSPS) is 38.4. The van der Waals surface area contributed by atoms with E-state index in [0.29, 0.717) is 0 Å². The Hall–Kier alpha value is -0.820. The first-order chi connectivity index (χ1) is 9.74. The lowest BCUT2D eigenvalue weighted by Crippen LogP contribution is -2.39. The first kappa shape index (κ1) is 12.9. The zero-order valence-corrected chi connectivity index (χ0v) is 12.9. The maximum absolute atomic E-state index is 3.91. The van der Waals surface area contributed by atoms with Crippen molar-refractivity contribution in [3.05, 3.63) is 34.9 Å². The molecular formula is C19H27N. The zero-order valence-electron chi connectivity index (χ0n) is 12.9. The zero-order chi connectivity index (χ0) is 13.7. The fourth-order valence-electron chi connectivity index (χ4n) is 5.55. The highest BCUT2D eigenvalue weighted by atomic mass is 14.9. The Morgan fingerprint density at radius 2 is 1.90 bits per heavy atom. The predicted octanol–water partition coefficient (Wildman–Crippen LogP) is 4.22. The standard InChI is InChI=1S/C19H27N/c1-12-5-3-6-14(13(12)2)11-20-19-10-15-9-18(19)17-8-4-7-16(15)17/h3,5-6,15-20H,4,7-11H2,1-2H3. The Bertz CT molecular complexity index is 506. The number of rotatable bonds is 3. The molecule has 0 aliphatic heterocycles. The van der Waals surface area contributed by atoms with Crippen LogP contribution in [-0.4, -0.2) is 6.04 Å². The maximum atomic E-state index is 3.91. The van der Waals surface area contributed by atoms with Crippen LogP contribution < -0.4 is 5.32 Å². The molecule has 3 aliphatic carbocycles. The second-order valence-electron chi connectivity index (χ2n) is 7.50. The lowest BCUT2D eigenvalue weighted by atomic mass is 9.79. The van der Waals surface area contributed by atoms with Gasteiger partial charge < -0.3 is 5.32 Å². The fourth-order valence-corrected chi connectivity index (χ4v) is 5.55. The molecule has 1 heteroatoms. The van der Waals surface area contributed by atoms with E-state index >= 15 is 0 Å². The molecule has 0 aromatic heterocycles. The number of hydrogen-bond donors (Lipinski definition) is 1. The second kappa shape index (κ2) is 4.87. The molecule has 5 atom stereocenters. The van der Waals surface area contributed by atoms with E-state index in [0.717, 1.165) is 36.3 Å². The van der Waals surface area contributed by atoms with Crippen LogP contribution in [0.5, 0.6) is 0 Å². The van der Waals surface area contributed by atoms with Gasteiger partial charge in [0.15, 0.2) is 0 Å². The summed E-state index contributed by atoms with van der Waals surface area (Å²) in [5.41, 5.74) is 4.39. The molecule has 20 heavy (non-hydrogen) atoms. The highest BCUT2D eigenvalue weighted by Gasteiger charge is 2.53. The number of aryl methyl sites for hydroxylation is 1. The van der Waals surface area contributed by atoms with Crippen molar-refractivity contribution in [2.45, 2.75) is 58.5 Å². The minimum Gasteiger partial charge on any atom is -0.310 e. The number of fused-ring (bicyclic) bond motifs is 5. The summed E-state index contributed by atoms with van der Waals surface area (Å²) in [6.07, 6.45) is 7.55. The van der Waals surface area contributed by atoms with Crippen LogP contribution in [0.4, 0.5) is 0 Å². The van der Waals surface area contributed by atoms with Gasteiger partial charge in [-0.3, -0.25) is 0 Å². The van der Waals surface area contributed by atoms with Gasteiger partial charge in [0.1, 0.15) is 0 Å². The summed E-state index contributed by atoms with van der Waals surface area (Å²) in [6.45, 7) is 5.55. The van der Waals surface area contributed by atoms with Gasteiger partial charge in [0.05, 0.1) is 0 Å². The molecule has 1 aromatic carbocycles. The minimum absolute atomic E-state index is 0.805. The van der Waals surface area contributed by atoms with Gasteiger partial charge in [0.25, 0.3) is 0 Å². The van der Waals surface area contributed by atoms with Crippen molar-refractivity contribution in [3.8, 4) is 0 Å². The summed E-state index contributed by atoms with van der Waals surface area (Å²) in [7, 11) is 0. The molecule has 0 spiro atoms. The molecule has 5 unspecified atom stereocenters. The molecule has 3 aliphatic rings. The van der Waals surface area contributed by atoms with Crippen LogP contribution in [0.1, 0.15) is 48.8 Å². The van der Waals surface area contributed by atoms with Gasteiger partial charge in [0.2, 0.25) is 0 Å². The van der Waals surface area contributed by atoms with Crippen LogP contribution in [0.2, 0.25) is 0 Å². The smallest absolute Gasteiger partial charge is 0.0210 e. The lowest BCUT2D eigenvalue weighted by Gasteiger charge is -2.32. The largest absolute Gasteiger partial charge is 0.310 e. The predicted molar refractivity (Wildman–Crippen MR) is 83.6 cm³/mol. The molecule has 0 saturated heterocycles. The fraction of sp³-hybridized carbons (Fsp3) is 0.684. The van der Waals surface area contributed by atoms with Crippen molar-refractivity contribution in [2.24, 2.45) is 23.7 Å². The van der Waals surface area contributed by atoms with Crippen molar-refractivity contribution in [2.75, 3.05) is 0 Å². The van der Waals surface area contributed by atoms with Crippen LogP contribution in [0.25, 0.3) is 0 Å². The van der Waals surface area contributed by atoms with E-state index in [1.54, 1.807) is 0 Å². The molecule has 1 nitrogen and oxygen atoms in total. The van der Waals surface area contributed by atoms with Crippen LogP contribution >= 0.6 is 0 Å². The summed E-state index contributed by atoms with van der Waals surface area (Å²) in [6, 6.07) is 7.52. The molecule has 4 rings (SSSR count). The molecule has 1 aromatic rings. The number of hydrogen-bond acceptors (Lipinski definition) is 1. The Balaban J connectivity index is 1.43. The number of benzene rings is 1. The Kier molecular flexibility index (Phi) is 3.14. The average molecular weight is 269 g/mol. The molecule has 0 amide bonds. The molecule has 2 bridgehead atoms. The molecule has 3 saturated carbocycles. The van der Waals surface area contributed by atoms with Crippen molar-refractivity contribution in [3.63, 3.8) is 0 Å². The van der Waals surface area contributed by atoms with E-state index in [1.165, 1.54) is 48.8 Å². The van der Waals surface area contributed by atoms with Gasteiger partial charge in [-0.1, -0.05) is 24.6 Å². The van der Waals surface area contributed by atoms with E-state index in [9.17, 15) is 0 Å². The maximum Gasteiger partial charge on any atom is 0.0210 e. The van der Waals surface area contributed by atoms with Crippen molar-refractivity contribution in [1.29, 1.82) is 0 Å². The Morgan fingerprint density at radius 3 is 2.80 bits per heavy atom. The van der Waals surface area contributed by atoms with E-state index in [1.807, 2.05) is 0 Å². The number of nitrogens with one attached hydrogen (secondary N) is 1. The third-order valence-corrected chi connectivity index (χ3v) is 6.70. The van der Waals surface area contributed by atoms with Gasteiger partial charge in [-0.25, -0.2) is 0 Å². The molecular weight excluding hydrogens is 242 g/mol. The highest BCUT2D eigenvalue weighted by molar-refractivity contribution is 5.33. The van der Waals surface area contributed by atoms with E-state index < -0.39 is 0 Å². The van der Waals surface area contributed by atoms with Crippen LogP contribution in [0.15, 0.2) is 18.2 Å². The second-order valence-corrected chi connectivity index (χ2v) is 7.50. The van der Waals surface area contributed by atoms with Crippen molar-refractivity contribution >= 4 is 0 Å². The van der Waals surface area contributed by atoms with Gasteiger partial charge in [-0.2, -0.15) is 0 Å². The molecule has 0 heterocycles. The van der Waals surface area contributed by atoms with Crippen molar-refractivity contribution in [1.82, 2.24) is 5.32 Å². The van der Waals surface area contributed by atoms with Crippen LogP contribution in [-0.2, 0) is 6.54 Å². The summed E-state index contributed by atoms with van der Waals surface area (Å²) in [4.78, 5) is 0.